The van der Waals surface area contributed by atoms with E-state index in [9.17, 15) is 12.8 Å². The number of benzene rings is 1. The minimum absolute atomic E-state index is 0.0761. The van der Waals surface area contributed by atoms with E-state index >= 15 is 0 Å². The molecule has 0 atom stereocenters. The van der Waals surface area contributed by atoms with Gasteiger partial charge in [0.2, 0.25) is 0 Å². The number of hydrogen-bond donors (Lipinski definition) is 0. The molecule has 0 saturated carbocycles. The number of aromatic nitrogens is 1. The number of hydrogen-bond acceptors (Lipinski definition) is 3. The Hall–Kier alpha value is -1.66. The Kier molecular flexibility index (Phi) is 4.25. The fourth-order valence-electron chi connectivity index (χ4n) is 1.77. The lowest BCUT2D eigenvalue weighted by molar-refractivity contribution is 0.591. The summed E-state index contributed by atoms with van der Waals surface area (Å²) in [5, 5.41) is 0.0977. The van der Waals surface area contributed by atoms with Gasteiger partial charge in [-0.25, -0.2) is 12.8 Å². The fraction of sp³-hybridized carbons (Fsp3) is 0.154. The van der Waals surface area contributed by atoms with Gasteiger partial charge in [0.1, 0.15) is 10.7 Å². The van der Waals surface area contributed by atoms with E-state index in [4.69, 9.17) is 11.6 Å². The third kappa shape index (κ3) is 2.76. The summed E-state index contributed by atoms with van der Waals surface area (Å²) < 4.78 is 39.2. The van der Waals surface area contributed by atoms with Crippen LogP contribution in [0.4, 0.5) is 10.1 Å². The van der Waals surface area contributed by atoms with Crippen LogP contribution in [-0.4, -0.2) is 19.9 Å². The van der Waals surface area contributed by atoms with Gasteiger partial charge >= 0.3 is 0 Å². The number of nitrogens with zero attached hydrogens (tertiary/aromatic N) is 2. The maximum absolute atomic E-state index is 12.9. The molecule has 0 amide bonds. The van der Waals surface area contributed by atoms with Crippen LogP contribution >= 0.6 is 11.6 Å². The van der Waals surface area contributed by atoms with E-state index in [2.05, 4.69) is 4.98 Å². The first-order valence-corrected chi connectivity index (χ1v) is 7.66. The number of pyridine rings is 1. The number of rotatable bonds is 4. The van der Waals surface area contributed by atoms with Crippen molar-refractivity contribution in [2.45, 2.75) is 11.8 Å². The normalized spacial score (nSPS) is 11.3. The van der Waals surface area contributed by atoms with E-state index in [1.807, 2.05) is 0 Å². The molecule has 0 N–H and O–H groups in total. The zero-order valence-corrected chi connectivity index (χ0v) is 12.2. The van der Waals surface area contributed by atoms with Gasteiger partial charge < -0.3 is 0 Å². The van der Waals surface area contributed by atoms with Crippen molar-refractivity contribution in [1.29, 1.82) is 0 Å². The number of anilines is 1. The van der Waals surface area contributed by atoms with Gasteiger partial charge in [0.15, 0.2) is 0 Å². The second-order valence-corrected chi connectivity index (χ2v) is 6.19. The molecule has 106 valence electrons. The minimum Gasteiger partial charge on any atom is -0.267 e. The van der Waals surface area contributed by atoms with Crippen molar-refractivity contribution in [1.82, 2.24) is 4.98 Å². The molecule has 0 bridgehead atoms. The summed E-state index contributed by atoms with van der Waals surface area (Å²) in [7, 11) is -3.83. The van der Waals surface area contributed by atoms with E-state index in [-0.39, 0.29) is 16.5 Å². The fourth-order valence-corrected chi connectivity index (χ4v) is 3.65. The van der Waals surface area contributed by atoms with Crippen LogP contribution in [0.3, 0.4) is 0 Å². The Labute approximate surface area is 121 Å². The molecule has 0 aliphatic rings. The van der Waals surface area contributed by atoms with Crippen LogP contribution in [0.1, 0.15) is 6.92 Å². The van der Waals surface area contributed by atoms with Gasteiger partial charge in [0.25, 0.3) is 10.0 Å². The quantitative estimate of drug-likeness (QED) is 0.871. The zero-order chi connectivity index (χ0) is 14.8. The van der Waals surface area contributed by atoms with E-state index in [0.717, 1.165) is 4.31 Å². The summed E-state index contributed by atoms with van der Waals surface area (Å²) in [6, 6.07) is 6.63. The Morgan fingerprint density at radius 3 is 2.45 bits per heavy atom. The molecule has 0 unspecified atom stereocenters. The summed E-state index contributed by atoms with van der Waals surface area (Å²) in [4.78, 5) is 3.71. The summed E-state index contributed by atoms with van der Waals surface area (Å²) in [6.07, 6.45) is 2.61. The van der Waals surface area contributed by atoms with Crippen molar-refractivity contribution in [3.8, 4) is 0 Å². The second-order valence-electron chi connectivity index (χ2n) is 3.95. The molecule has 1 aromatic heterocycles. The van der Waals surface area contributed by atoms with Gasteiger partial charge in [-0.15, -0.1) is 0 Å². The summed E-state index contributed by atoms with van der Waals surface area (Å²) >= 11 is 5.92. The van der Waals surface area contributed by atoms with Crippen molar-refractivity contribution in [3.63, 3.8) is 0 Å². The van der Waals surface area contributed by atoms with Crippen molar-refractivity contribution in [2.75, 3.05) is 10.8 Å². The molecule has 20 heavy (non-hydrogen) atoms. The van der Waals surface area contributed by atoms with Gasteiger partial charge in [0.05, 0.1) is 10.7 Å². The van der Waals surface area contributed by atoms with Crippen LogP contribution in [0.25, 0.3) is 0 Å². The molecule has 1 heterocycles. The standard InChI is InChI=1S/C13H12ClFN2O2S/c1-2-17(11-5-3-10(15)4-6-11)20(18,19)13-9-16-8-7-12(13)14/h3-9H,2H2,1H3. The smallest absolute Gasteiger partial charge is 0.267 e. The van der Waals surface area contributed by atoms with E-state index in [0.29, 0.717) is 5.69 Å². The van der Waals surface area contributed by atoms with Gasteiger partial charge in [-0.1, -0.05) is 11.6 Å². The van der Waals surface area contributed by atoms with Crippen LogP contribution in [0.5, 0.6) is 0 Å². The lowest BCUT2D eigenvalue weighted by Crippen LogP contribution is -2.31. The monoisotopic (exact) mass is 314 g/mol. The highest BCUT2D eigenvalue weighted by molar-refractivity contribution is 7.93. The third-order valence-electron chi connectivity index (χ3n) is 2.70. The molecule has 0 fully saturated rings. The van der Waals surface area contributed by atoms with Crippen LogP contribution in [0.2, 0.25) is 5.02 Å². The Morgan fingerprint density at radius 2 is 1.90 bits per heavy atom. The lowest BCUT2D eigenvalue weighted by Gasteiger charge is -2.23. The molecule has 0 spiro atoms. The lowest BCUT2D eigenvalue weighted by atomic mass is 10.3. The number of halogens is 2. The van der Waals surface area contributed by atoms with Crippen LogP contribution < -0.4 is 4.31 Å². The molecule has 4 nitrogen and oxygen atoms in total. The molecule has 0 aliphatic carbocycles. The molecule has 0 radical (unpaired) electrons. The Morgan fingerprint density at radius 1 is 1.25 bits per heavy atom. The predicted octanol–water partition coefficient (Wildman–Crippen LogP) is 3.09. The van der Waals surface area contributed by atoms with Crippen molar-refractivity contribution in [3.05, 3.63) is 53.6 Å². The Balaban J connectivity index is 2.51. The third-order valence-corrected chi connectivity index (χ3v) is 5.08. The van der Waals surface area contributed by atoms with Crippen molar-refractivity contribution >= 4 is 27.3 Å². The largest absolute Gasteiger partial charge is 0.267 e. The molecule has 2 rings (SSSR count). The van der Waals surface area contributed by atoms with Gasteiger partial charge in [0, 0.05) is 18.9 Å². The van der Waals surface area contributed by atoms with Crippen molar-refractivity contribution in [2.24, 2.45) is 0 Å². The van der Waals surface area contributed by atoms with Crippen LogP contribution in [-0.2, 0) is 10.0 Å². The molecule has 0 saturated heterocycles. The maximum atomic E-state index is 12.9. The first-order chi connectivity index (χ1) is 9.46. The van der Waals surface area contributed by atoms with E-state index in [1.54, 1.807) is 6.92 Å². The molecule has 2 aromatic rings. The first kappa shape index (κ1) is 14.7. The molecular formula is C13H12ClFN2O2S. The van der Waals surface area contributed by atoms with Crippen LogP contribution in [0, 0.1) is 5.82 Å². The second kappa shape index (κ2) is 5.76. The molecular weight excluding hydrogens is 303 g/mol. The molecule has 7 heteroatoms. The predicted molar refractivity (Wildman–Crippen MR) is 75.9 cm³/mol. The Bertz CT molecular complexity index is 705. The minimum atomic E-state index is -3.83. The average molecular weight is 315 g/mol. The highest BCUT2D eigenvalue weighted by Gasteiger charge is 2.26. The topological polar surface area (TPSA) is 50.3 Å². The summed E-state index contributed by atoms with van der Waals surface area (Å²) in [6.45, 7) is 1.88. The highest BCUT2D eigenvalue weighted by Crippen LogP contribution is 2.27. The zero-order valence-electron chi connectivity index (χ0n) is 10.6. The van der Waals surface area contributed by atoms with E-state index < -0.39 is 15.8 Å². The average Bonchev–Trinajstić information content (AvgIpc) is 2.42. The molecule has 1 aromatic carbocycles. The van der Waals surface area contributed by atoms with Gasteiger partial charge in [-0.3, -0.25) is 9.29 Å². The van der Waals surface area contributed by atoms with Crippen LogP contribution in [0.15, 0.2) is 47.6 Å². The SMILES string of the molecule is CCN(c1ccc(F)cc1)S(=O)(=O)c1cnccc1Cl. The van der Waals surface area contributed by atoms with E-state index in [1.165, 1.54) is 42.7 Å². The van der Waals surface area contributed by atoms with Gasteiger partial charge in [-0.2, -0.15) is 0 Å². The number of sulfonamides is 1. The highest BCUT2D eigenvalue weighted by atomic mass is 35.5. The van der Waals surface area contributed by atoms with Crippen molar-refractivity contribution < 1.29 is 12.8 Å². The maximum Gasteiger partial charge on any atom is 0.267 e. The summed E-state index contributed by atoms with van der Waals surface area (Å²) in [5.41, 5.74) is 0.369. The molecule has 0 aliphatic heterocycles. The van der Waals surface area contributed by atoms with Gasteiger partial charge in [-0.05, 0) is 37.3 Å². The first-order valence-electron chi connectivity index (χ1n) is 5.84. The summed E-state index contributed by atoms with van der Waals surface area (Å²) in [5.74, 6) is -0.429.